The first-order valence-electron chi connectivity index (χ1n) is 14.0. The number of benzene rings is 3. The lowest BCUT2D eigenvalue weighted by molar-refractivity contribution is 0.0426. The molecule has 9 nitrogen and oxygen atoms in total. The molecule has 1 atom stereocenters. The van der Waals surface area contributed by atoms with Crippen LogP contribution in [-0.2, 0) is 27.2 Å². The molecule has 0 fully saturated rings. The number of ether oxygens (including phenoxy) is 2. The fraction of sp³-hybridized carbons (Fsp3) is 0.152. The topological polar surface area (TPSA) is 115 Å². The Morgan fingerprint density at radius 1 is 1.02 bits per heavy atom. The highest BCUT2D eigenvalue weighted by Crippen LogP contribution is 2.37. The van der Waals surface area contributed by atoms with Crippen molar-refractivity contribution in [2.75, 3.05) is 18.4 Å². The Morgan fingerprint density at radius 3 is 2.69 bits per heavy atom. The normalized spacial score (nSPS) is 15.5. The Morgan fingerprint density at radius 2 is 1.93 bits per heavy atom. The van der Waals surface area contributed by atoms with Crippen LogP contribution in [0.2, 0.25) is 0 Å². The number of pyridine rings is 1. The minimum atomic E-state index is -2.44. The number of anilines is 2. The zero-order valence-electron chi connectivity index (χ0n) is 23.8. The van der Waals surface area contributed by atoms with Crippen molar-refractivity contribution in [1.29, 1.82) is 0 Å². The van der Waals surface area contributed by atoms with Crippen LogP contribution >= 0.6 is 15.9 Å². The summed E-state index contributed by atoms with van der Waals surface area (Å²) < 4.78 is 50.2. The molecule has 3 aromatic carbocycles. The zero-order valence-corrected chi connectivity index (χ0v) is 26.2. The molecule has 5 aromatic rings. The molecule has 1 unspecified atom stereocenters. The zero-order chi connectivity index (χ0) is 31.2. The number of nitrogens with zero attached hydrogens (tertiary/aromatic N) is 3. The van der Waals surface area contributed by atoms with E-state index < -0.39 is 15.9 Å². The van der Waals surface area contributed by atoms with Gasteiger partial charge in [-0.3, -0.25) is 4.98 Å². The van der Waals surface area contributed by atoms with Crippen molar-refractivity contribution >= 4 is 53.5 Å². The van der Waals surface area contributed by atoms with Gasteiger partial charge in [-0.25, -0.2) is 14.4 Å². The number of nitrogens with one attached hydrogen (secondary N) is 2. The smallest absolute Gasteiger partial charge is 0.220 e. The summed E-state index contributed by atoms with van der Waals surface area (Å²) in [5, 5.41) is 7.43. The summed E-state index contributed by atoms with van der Waals surface area (Å²) in [6.45, 7) is 0.672. The molecular formula is C33H27BrFN5O4S. The number of fused-ring (bicyclic) bond motifs is 1. The largest absolute Gasteiger partial charge is 0.489 e. The van der Waals surface area contributed by atoms with Gasteiger partial charge in [-0.15, -0.1) is 0 Å². The van der Waals surface area contributed by atoms with Gasteiger partial charge < -0.3 is 20.1 Å². The second-order valence-electron chi connectivity index (χ2n) is 10.3. The van der Waals surface area contributed by atoms with Crippen molar-refractivity contribution in [1.82, 2.24) is 20.3 Å². The van der Waals surface area contributed by atoms with Gasteiger partial charge in [0.25, 0.3) is 0 Å². The molecular weight excluding hydrogens is 661 g/mol. The van der Waals surface area contributed by atoms with E-state index in [0.717, 1.165) is 32.2 Å². The number of aromatic nitrogens is 3. The van der Waals surface area contributed by atoms with Gasteiger partial charge in [0.05, 0.1) is 21.9 Å². The molecule has 2 aromatic heterocycles. The molecule has 0 radical (unpaired) electrons. The first-order valence-corrected chi connectivity index (χ1v) is 15.9. The van der Waals surface area contributed by atoms with Crippen LogP contribution in [0.3, 0.4) is 0 Å². The molecule has 0 saturated heterocycles. The minimum absolute atomic E-state index is 0.0958. The van der Waals surface area contributed by atoms with Crippen molar-refractivity contribution in [2.45, 2.75) is 18.6 Å². The number of hydrogen-bond donors (Lipinski definition) is 2. The maximum atomic E-state index is 13.5. The quantitative estimate of drug-likeness (QED) is 0.126. The van der Waals surface area contributed by atoms with Crippen LogP contribution in [0.5, 0.6) is 5.75 Å². The summed E-state index contributed by atoms with van der Waals surface area (Å²) in [5.74, 6) is 0.908. The van der Waals surface area contributed by atoms with Crippen molar-refractivity contribution in [3.63, 3.8) is 0 Å². The van der Waals surface area contributed by atoms with Crippen LogP contribution in [0.1, 0.15) is 23.2 Å². The Kier molecular flexibility index (Phi) is 9.15. The first-order chi connectivity index (χ1) is 21.9. The van der Waals surface area contributed by atoms with Gasteiger partial charge in [0.15, 0.2) is 0 Å². The number of hydrogen-bond acceptors (Lipinski definition) is 9. The van der Waals surface area contributed by atoms with Crippen LogP contribution in [0.25, 0.3) is 10.9 Å². The molecule has 0 saturated carbocycles. The average Bonchev–Trinajstić information content (AvgIpc) is 3.53. The molecule has 0 bridgehead atoms. The molecule has 0 spiro atoms. The van der Waals surface area contributed by atoms with E-state index >= 15 is 0 Å². The molecule has 1 aliphatic rings. The van der Waals surface area contributed by atoms with E-state index in [1.54, 1.807) is 42.8 Å². The van der Waals surface area contributed by atoms with E-state index in [9.17, 15) is 12.8 Å². The molecule has 228 valence electrons. The summed E-state index contributed by atoms with van der Waals surface area (Å²) >= 11 is 3.57. The van der Waals surface area contributed by atoms with Crippen LogP contribution in [-0.4, -0.2) is 41.3 Å². The lowest BCUT2D eigenvalue weighted by Gasteiger charge is -2.30. The van der Waals surface area contributed by atoms with E-state index in [0.29, 0.717) is 30.2 Å². The third-order valence-corrected chi connectivity index (χ3v) is 8.70. The third kappa shape index (κ3) is 7.03. The fourth-order valence-electron chi connectivity index (χ4n) is 5.07. The van der Waals surface area contributed by atoms with Gasteiger partial charge in [-0.05, 0) is 87.7 Å². The van der Waals surface area contributed by atoms with Crippen molar-refractivity contribution in [2.24, 2.45) is 0 Å². The molecule has 0 aliphatic carbocycles. The van der Waals surface area contributed by atoms with Gasteiger partial charge in [0.1, 0.15) is 40.8 Å². The molecule has 6 rings (SSSR count). The molecule has 45 heavy (non-hydrogen) atoms. The standard InChI is InChI=1S/C33H27BrFN5O4S/c34-27-17-25(9-11-30(27)43-19-22-5-3-6-24(35)15-22)40-32-26-16-23(8-10-28(26)38-21-39-32)33(12-4-14-44-33)20-36-18-31(45(41)42)29-7-1-2-13-37-29/h1-11,13-17,21,36H,12,18-20H2,(H,38,39,40). The maximum absolute atomic E-state index is 13.5. The lowest BCUT2D eigenvalue weighted by Crippen LogP contribution is -2.40. The van der Waals surface area contributed by atoms with Gasteiger partial charge in [0.2, 0.25) is 10.3 Å². The van der Waals surface area contributed by atoms with Gasteiger partial charge in [0, 0.05) is 36.8 Å². The van der Waals surface area contributed by atoms with Gasteiger partial charge in [-0.1, -0.05) is 24.3 Å². The summed E-state index contributed by atoms with van der Waals surface area (Å²) in [6.07, 6.45) is 7.25. The average molecular weight is 689 g/mol. The molecule has 3 heterocycles. The number of rotatable bonds is 11. The Balaban J connectivity index is 1.21. The third-order valence-electron chi connectivity index (χ3n) is 7.32. The van der Waals surface area contributed by atoms with Crippen molar-refractivity contribution in [3.8, 4) is 5.75 Å². The summed E-state index contributed by atoms with van der Waals surface area (Å²) in [4.78, 5) is 13.3. The predicted molar refractivity (Wildman–Crippen MR) is 174 cm³/mol. The van der Waals surface area contributed by atoms with E-state index in [1.165, 1.54) is 18.5 Å². The van der Waals surface area contributed by atoms with Gasteiger partial charge in [-0.2, -0.15) is 8.42 Å². The molecule has 1 aliphatic heterocycles. The summed E-state index contributed by atoms with van der Waals surface area (Å²) in [7, 11) is -2.44. The van der Waals surface area contributed by atoms with Crippen molar-refractivity contribution < 1.29 is 22.3 Å². The van der Waals surface area contributed by atoms with Crippen LogP contribution in [0.15, 0.2) is 108 Å². The molecule has 12 heteroatoms. The fourth-order valence-corrected chi connectivity index (χ4v) is 6.07. The SMILES string of the molecule is O=S(=O)=C(CNCC1(c2ccc3ncnc(Nc4ccc(OCc5cccc(F)c5)c(Br)c4)c3c2)CC=CO1)c1ccccn1. The van der Waals surface area contributed by atoms with E-state index in [1.807, 2.05) is 42.5 Å². The molecule has 2 N–H and O–H groups in total. The van der Waals surface area contributed by atoms with Crippen molar-refractivity contribution in [3.05, 3.63) is 131 Å². The van der Waals surface area contributed by atoms with Crippen LogP contribution in [0.4, 0.5) is 15.9 Å². The van der Waals surface area contributed by atoms with Crippen LogP contribution < -0.4 is 15.4 Å². The van der Waals surface area contributed by atoms with E-state index in [-0.39, 0.29) is 23.8 Å². The minimum Gasteiger partial charge on any atom is -0.489 e. The Hall–Kier alpha value is -4.65. The lowest BCUT2D eigenvalue weighted by atomic mass is 9.90. The van der Waals surface area contributed by atoms with Crippen LogP contribution in [0, 0.1) is 5.82 Å². The monoisotopic (exact) mass is 687 g/mol. The highest BCUT2D eigenvalue weighted by Gasteiger charge is 2.35. The second kappa shape index (κ2) is 13.6. The Labute approximate surface area is 268 Å². The Bertz CT molecular complexity index is 2010. The summed E-state index contributed by atoms with van der Waals surface area (Å²) in [5.41, 5.74) is 2.76. The second-order valence-corrected chi connectivity index (χ2v) is 12.1. The first kappa shape index (κ1) is 30.4. The predicted octanol–water partition coefficient (Wildman–Crippen LogP) is 6.07. The number of halogens is 2. The highest BCUT2D eigenvalue weighted by atomic mass is 79.9. The molecule has 0 amide bonds. The van der Waals surface area contributed by atoms with E-state index in [4.69, 9.17) is 9.47 Å². The van der Waals surface area contributed by atoms with Gasteiger partial charge >= 0.3 is 0 Å². The maximum Gasteiger partial charge on any atom is 0.220 e. The highest BCUT2D eigenvalue weighted by molar-refractivity contribution is 9.10. The van der Waals surface area contributed by atoms with E-state index in [2.05, 4.69) is 41.5 Å². The summed E-state index contributed by atoms with van der Waals surface area (Å²) in [6, 6.07) is 22.9.